The van der Waals surface area contributed by atoms with Crippen LogP contribution in [-0.4, -0.2) is 37.3 Å². The van der Waals surface area contributed by atoms with Crippen LogP contribution in [0.1, 0.15) is 43.9 Å². The lowest BCUT2D eigenvalue weighted by atomic mass is 10.1. The fourth-order valence-electron chi connectivity index (χ4n) is 2.86. The summed E-state index contributed by atoms with van der Waals surface area (Å²) in [7, 11) is 2.15. The fourth-order valence-corrected chi connectivity index (χ4v) is 2.86. The Bertz CT molecular complexity index is 467. The first kappa shape index (κ1) is 14.8. The van der Waals surface area contributed by atoms with Crippen LogP contribution in [-0.2, 0) is 17.7 Å². The van der Waals surface area contributed by atoms with Crippen molar-refractivity contribution in [2.75, 3.05) is 25.2 Å². The van der Waals surface area contributed by atoms with Gasteiger partial charge in [0.05, 0.1) is 12.6 Å². The van der Waals surface area contributed by atoms with Crippen LogP contribution in [0.4, 0.5) is 5.82 Å². The van der Waals surface area contributed by atoms with Crippen LogP contribution >= 0.6 is 0 Å². The minimum absolute atomic E-state index is 0.471. The smallest absolute Gasteiger partial charge is 0.129 e. The Balaban J connectivity index is 1.75. The largest absolute Gasteiger partial charge is 0.379 e. The van der Waals surface area contributed by atoms with E-state index >= 15 is 0 Å². The van der Waals surface area contributed by atoms with Gasteiger partial charge in [-0.15, -0.1) is 0 Å². The van der Waals surface area contributed by atoms with Gasteiger partial charge in [-0.2, -0.15) is 0 Å². The highest BCUT2D eigenvalue weighted by Gasteiger charge is 2.23. The molecule has 0 spiro atoms. The van der Waals surface area contributed by atoms with E-state index in [-0.39, 0.29) is 0 Å². The van der Waals surface area contributed by atoms with Crippen LogP contribution in [0.25, 0.3) is 0 Å². The minimum Gasteiger partial charge on any atom is -0.379 e. The molecule has 0 radical (unpaired) electrons. The second-order valence-electron chi connectivity index (χ2n) is 6.36. The molecule has 0 aromatic carbocycles. The van der Waals surface area contributed by atoms with Gasteiger partial charge in [0, 0.05) is 31.9 Å². The first-order chi connectivity index (χ1) is 10.3. The van der Waals surface area contributed by atoms with E-state index in [9.17, 15) is 0 Å². The molecule has 4 nitrogen and oxygen atoms in total. The molecule has 1 aliphatic carbocycles. The third-order valence-electron chi connectivity index (χ3n) is 4.42. The van der Waals surface area contributed by atoms with Crippen LogP contribution in [0.3, 0.4) is 0 Å². The Labute approximate surface area is 127 Å². The molecule has 116 valence electrons. The third-order valence-corrected chi connectivity index (χ3v) is 4.42. The second-order valence-corrected chi connectivity index (χ2v) is 6.36. The molecule has 21 heavy (non-hydrogen) atoms. The van der Waals surface area contributed by atoms with Gasteiger partial charge in [-0.1, -0.05) is 13.3 Å². The SMILES string of the molecule is CCCc1cc(CNC2CC2)cc(N(C)C2CCOC2)n1. The zero-order valence-electron chi connectivity index (χ0n) is 13.3. The zero-order valence-corrected chi connectivity index (χ0v) is 13.3. The van der Waals surface area contributed by atoms with Crippen molar-refractivity contribution in [3.63, 3.8) is 0 Å². The molecule has 1 N–H and O–H groups in total. The van der Waals surface area contributed by atoms with Crippen molar-refractivity contribution in [2.24, 2.45) is 0 Å². The molecule has 1 saturated heterocycles. The predicted molar refractivity (Wildman–Crippen MR) is 85.7 cm³/mol. The predicted octanol–water partition coefficient (Wildman–Crippen LogP) is 2.51. The summed E-state index contributed by atoms with van der Waals surface area (Å²) in [5, 5.41) is 3.61. The Morgan fingerprint density at radius 1 is 1.33 bits per heavy atom. The number of hydrogen-bond acceptors (Lipinski definition) is 4. The molecule has 1 aromatic heterocycles. The first-order valence-corrected chi connectivity index (χ1v) is 8.30. The van der Waals surface area contributed by atoms with Gasteiger partial charge in [0.2, 0.25) is 0 Å². The van der Waals surface area contributed by atoms with E-state index in [0.29, 0.717) is 6.04 Å². The summed E-state index contributed by atoms with van der Waals surface area (Å²) < 4.78 is 5.51. The van der Waals surface area contributed by atoms with Crippen molar-refractivity contribution in [1.29, 1.82) is 0 Å². The maximum atomic E-state index is 5.51. The lowest BCUT2D eigenvalue weighted by molar-refractivity contribution is 0.193. The van der Waals surface area contributed by atoms with Gasteiger partial charge in [0.25, 0.3) is 0 Å². The van der Waals surface area contributed by atoms with Crippen LogP contribution < -0.4 is 10.2 Å². The van der Waals surface area contributed by atoms with Crippen molar-refractivity contribution in [2.45, 2.75) is 57.7 Å². The molecule has 0 amide bonds. The number of hydrogen-bond donors (Lipinski definition) is 1. The molecule has 2 fully saturated rings. The normalized spacial score (nSPS) is 21.7. The van der Waals surface area contributed by atoms with Crippen molar-refractivity contribution in [3.8, 4) is 0 Å². The quantitative estimate of drug-likeness (QED) is 0.837. The third kappa shape index (κ3) is 3.95. The molecule has 1 aromatic rings. The van der Waals surface area contributed by atoms with Crippen LogP contribution in [0.15, 0.2) is 12.1 Å². The van der Waals surface area contributed by atoms with Crippen LogP contribution in [0.2, 0.25) is 0 Å². The maximum Gasteiger partial charge on any atom is 0.129 e. The molecule has 2 aliphatic rings. The zero-order chi connectivity index (χ0) is 14.7. The highest BCUT2D eigenvalue weighted by molar-refractivity contribution is 5.43. The van der Waals surface area contributed by atoms with Crippen molar-refractivity contribution < 1.29 is 4.74 Å². The minimum atomic E-state index is 0.471. The molecule has 0 bridgehead atoms. The Hall–Kier alpha value is -1.13. The summed E-state index contributed by atoms with van der Waals surface area (Å²) in [5.74, 6) is 1.10. The number of nitrogens with one attached hydrogen (secondary N) is 1. The van der Waals surface area contributed by atoms with Gasteiger partial charge in [0.1, 0.15) is 5.82 Å². The van der Waals surface area contributed by atoms with E-state index in [2.05, 4.69) is 36.3 Å². The number of nitrogens with zero attached hydrogens (tertiary/aromatic N) is 2. The van der Waals surface area contributed by atoms with E-state index in [1.165, 1.54) is 24.1 Å². The van der Waals surface area contributed by atoms with Gasteiger partial charge < -0.3 is 15.0 Å². The summed E-state index contributed by atoms with van der Waals surface area (Å²) in [6, 6.07) is 5.73. The highest BCUT2D eigenvalue weighted by atomic mass is 16.5. The highest BCUT2D eigenvalue weighted by Crippen LogP contribution is 2.23. The number of aryl methyl sites for hydroxylation is 1. The lowest BCUT2D eigenvalue weighted by Gasteiger charge is -2.25. The monoisotopic (exact) mass is 289 g/mol. The number of rotatable bonds is 7. The summed E-state index contributed by atoms with van der Waals surface area (Å²) in [5.41, 5.74) is 2.58. The second kappa shape index (κ2) is 6.75. The Morgan fingerprint density at radius 2 is 2.19 bits per heavy atom. The molecule has 1 aliphatic heterocycles. The van der Waals surface area contributed by atoms with Gasteiger partial charge >= 0.3 is 0 Å². The Kier molecular flexibility index (Phi) is 4.76. The average Bonchev–Trinajstić information content (AvgIpc) is 3.16. The molecule has 1 atom stereocenters. The summed E-state index contributed by atoms with van der Waals surface area (Å²) >= 11 is 0. The first-order valence-electron chi connectivity index (χ1n) is 8.30. The number of ether oxygens (including phenoxy) is 1. The lowest BCUT2D eigenvalue weighted by Crippen LogP contribution is -2.32. The molecule has 3 rings (SSSR count). The van der Waals surface area contributed by atoms with Gasteiger partial charge in [0.15, 0.2) is 0 Å². The maximum absolute atomic E-state index is 5.51. The van der Waals surface area contributed by atoms with E-state index in [1.54, 1.807) is 0 Å². The molecule has 4 heteroatoms. The van der Waals surface area contributed by atoms with Gasteiger partial charge in [-0.25, -0.2) is 4.98 Å². The van der Waals surface area contributed by atoms with E-state index in [1.807, 2.05) is 0 Å². The van der Waals surface area contributed by atoms with E-state index < -0.39 is 0 Å². The van der Waals surface area contributed by atoms with Crippen LogP contribution in [0.5, 0.6) is 0 Å². The Morgan fingerprint density at radius 3 is 2.86 bits per heavy atom. The van der Waals surface area contributed by atoms with Gasteiger partial charge in [-0.05, 0) is 43.4 Å². The van der Waals surface area contributed by atoms with E-state index in [0.717, 1.165) is 50.9 Å². The fraction of sp³-hybridized carbons (Fsp3) is 0.706. The number of anilines is 1. The molecule has 2 heterocycles. The number of aromatic nitrogens is 1. The summed E-state index contributed by atoms with van der Waals surface area (Å²) in [6.07, 6.45) is 5.96. The van der Waals surface area contributed by atoms with Crippen LogP contribution in [0, 0.1) is 0 Å². The average molecular weight is 289 g/mol. The number of pyridine rings is 1. The molecule has 1 unspecified atom stereocenters. The number of likely N-dealkylation sites (N-methyl/N-ethyl adjacent to an activating group) is 1. The van der Waals surface area contributed by atoms with Crippen molar-refractivity contribution in [1.82, 2.24) is 10.3 Å². The molecular formula is C17H27N3O. The molecule has 1 saturated carbocycles. The summed E-state index contributed by atoms with van der Waals surface area (Å²) in [6.45, 7) is 4.88. The van der Waals surface area contributed by atoms with Crippen molar-refractivity contribution in [3.05, 3.63) is 23.4 Å². The van der Waals surface area contributed by atoms with Gasteiger partial charge in [-0.3, -0.25) is 0 Å². The molecular weight excluding hydrogens is 262 g/mol. The van der Waals surface area contributed by atoms with E-state index in [4.69, 9.17) is 9.72 Å². The topological polar surface area (TPSA) is 37.4 Å². The standard InChI is InChI=1S/C17H27N3O/c1-3-4-15-9-13(11-18-14-5-6-14)10-17(19-15)20(2)16-7-8-21-12-16/h9-10,14,16,18H,3-8,11-12H2,1-2H3. The summed E-state index contributed by atoms with van der Waals surface area (Å²) in [4.78, 5) is 7.15. The van der Waals surface area contributed by atoms with Crippen molar-refractivity contribution >= 4 is 5.82 Å².